The number of rotatable bonds is 1. The van der Waals surface area contributed by atoms with Crippen LogP contribution >= 0.6 is 0 Å². The quantitative estimate of drug-likeness (QED) is 0.516. The van der Waals surface area contributed by atoms with E-state index in [1.807, 2.05) is 48.5 Å². The largest absolute Gasteiger partial charge is 0.496 e. The summed E-state index contributed by atoms with van der Waals surface area (Å²) in [6.45, 7) is 0. The first kappa shape index (κ1) is 11.2. The maximum absolute atomic E-state index is 12.7. The number of hydrogen-bond acceptors (Lipinski definition) is 2. The highest BCUT2D eigenvalue weighted by atomic mass is 16.5. The summed E-state index contributed by atoms with van der Waals surface area (Å²) in [4.78, 5) is 12.7. The Labute approximate surface area is 116 Å². The second-order valence-electron chi connectivity index (χ2n) is 4.92. The highest BCUT2D eigenvalue weighted by Gasteiger charge is 2.25. The summed E-state index contributed by atoms with van der Waals surface area (Å²) in [6.07, 6.45) is 0. The maximum atomic E-state index is 12.7. The zero-order valence-electron chi connectivity index (χ0n) is 11.0. The maximum Gasteiger partial charge on any atom is 0.194 e. The molecule has 1 aliphatic carbocycles. The molecule has 0 amide bonds. The minimum atomic E-state index is 0.0898. The molecule has 2 heteroatoms. The summed E-state index contributed by atoms with van der Waals surface area (Å²) in [5, 5.41) is 1.99. The third-order valence-electron chi connectivity index (χ3n) is 3.93. The van der Waals surface area contributed by atoms with Crippen LogP contribution in [0.15, 0.2) is 54.6 Å². The lowest BCUT2D eigenvalue weighted by atomic mass is 9.83. The summed E-state index contributed by atoms with van der Waals surface area (Å²) >= 11 is 0. The molecular formula is C18H12O2. The predicted molar refractivity (Wildman–Crippen MR) is 79.4 cm³/mol. The van der Waals surface area contributed by atoms with E-state index in [2.05, 4.69) is 6.07 Å². The van der Waals surface area contributed by atoms with Crippen molar-refractivity contribution in [3.63, 3.8) is 0 Å². The Hall–Kier alpha value is -2.61. The predicted octanol–water partition coefficient (Wildman–Crippen LogP) is 4.06. The zero-order valence-corrected chi connectivity index (χ0v) is 11.0. The van der Waals surface area contributed by atoms with E-state index in [0.717, 1.165) is 38.8 Å². The summed E-state index contributed by atoms with van der Waals surface area (Å²) in [5.41, 5.74) is 3.64. The van der Waals surface area contributed by atoms with Gasteiger partial charge in [0.2, 0.25) is 0 Å². The van der Waals surface area contributed by atoms with Gasteiger partial charge in [0.15, 0.2) is 5.78 Å². The first-order valence-corrected chi connectivity index (χ1v) is 6.55. The van der Waals surface area contributed by atoms with Gasteiger partial charge >= 0.3 is 0 Å². The third-order valence-corrected chi connectivity index (χ3v) is 3.93. The average molecular weight is 260 g/mol. The van der Waals surface area contributed by atoms with Crippen molar-refractivity contribution in [3.8, 4) is 16.9 Å². The van der Waals surface area contributed by atoms with E-state index in [-0.39, 0.29) is 5.78 Å². The molecule has 0 aliphatic heterocycles. The molecule has 3 aromatic rings. The summed E-state index contributed by atoms with van der Waals surface area (Å²) in [7, 11) is 1.66. The molecule has 0 spiro atoms. The van der Waals surface area contributed by atoms with Gasteiger partial charge in [0, 0.05) is 21.9 Å². The van der Waals surface area contributed by atoms with Crippen LogP contribution in [-0.4, -0.2) is 12.9 Å². The van der Waals surface area contributed by atoms with Gasteiger partial charge in [-0.1, -0.05) is 42.5 Å². The van der Waals surface area contributed by atoms with Crippen molar-refractivity contribution >= 4 is 16.6 Å². The first-order valence-electron chi connectivity index (χ1n) is 6.55. The van der Waals surface area contributed by atoms with E-state index in [9.17, 15) is 4.79 Å². The molecule has 0 saturated heterocycles. The van der Waals surface area contributed by atoms with E-state index in [0.29, 0.717) is 0 Å². The fraction of sp³-hybridized carbons (Fsp3) is 0.0556. The van der Waals surface area contributed by atoms with Gasteiger partial charge in [-0.25, -0.2) is 0 Å². The molecule has 0 unspecified atom stereocenters. The second-order valence-corrected chi connectivity index (χ2v) is 4.92. The topological polar surface area (TPSA) is 26.3 Å². The van der Waals surface area contributed by atoms with Crippen molar-refractivity contribution in [2.45, 2.75) is 0 Å². The van der Waals surface area contributed by atoms with E-state index in [1.165, 1.54) is 0 Å². The Balaban J connectivity index is 2.23. The van der Waals surface area contributed by atoms with E-state index >= 15 is 0 Å². The van der Waals surface area contributed by atoms with Gasteiger partial charge < -0.3 is 4.74 Å². The summed E-state index contributed by atoms with van der Waals surface area (Å²) < 4.78 is 5.42. The molecule has 0 N–H and O–H groups in total. The number of carbonyl (C=O) groups is 1. The Bertz CT molecular complexity index is 862. The lowest BCUT2D eigenvalue weighted by Gasteiger charge is -2.20. The molecule has 0 atom stereocenters. The Morgan fingerprint density at radius 1 is 0.750 bits per heavy atom. The molecular weight excluding hydrogens is 248 g/mol. The van der Waals surface area contributed by atoms with E-state index in [1.54, 1.807) is 7.11 Å². The molecule has 96 valence electrons. The van der Waals surface area contributed by atoms with Crippen molar-refractivity contribution in [2.75, 3.05) is 7.11 Å². The van der Waals surface area contributed by atoms with Gasteiger partial charge in [-0.3, -0.25) is 4.79 Å². The molecule has 0 fully saturated rings. The van der Waals surface area contributed by atoms with Crippen LogP contribution in [-0.2, 0) is 0 Å². The minimum absolute atomic E-state index is 0.0898. The van der Waals surface area contributed by atoms with Crippen LogP contribution in [0.1, 0.15) is 15.9 Å². The highest BCUT2D eigenvalue weighted by Crippen LogP contribution is 2.41. The molecule has 2 nitrogen and oxygen atoms in total. The number of carbonyl (C=O) groups excluding carboxylic acids is 1. The van der Waals surface area contributed by atoms with Crippen molar-refractivity contribution in [3.05, 3.63) is 65.7 Å². The molecule has 20 heavy (non-hydrogen) atoms. The van der Waals surface area contributed by atoms with Crippen molar-refractivity contribution in [2.24, 2.45) is 0 Å². The lowest BCUT2D eigenvalue weighted by molar-refractivity contribution is 0.104. The molecule has 3 aromatic carbocycles. The lowest BCUT2D eigenvalue weighted by Crippen LogP contribution is -2.09. The zero-order chi connectivity index (χ0) is 13.7. The van der Waals surface area contributed by atoms with Gasteiger partial charge in [-0.2, -0.15) is 0 Å². The molecule has 0 saturated carbocycles. The first-order chi connectivity index (χ1) is 9.81. The van der Waals surface area contributed by atoms with Crippen molar-refractivity contribution in [1.82, 2.24) is 0 Å². The Morgan fingerprint density at radius 2 is 1.50 bits per heavy atom. The standard InChI is InChI=1S/C18H12O2/c1-20-16-10-9-15-17-12(7-4-8-14(16)17)11-5-2-3-6-13(11)18(15)19/h2-10H,1H3. The monoisotopic (exact) mass is 260 g/mol. The smallest absolute Gasteiger partial charge is 0.194 e. The number of methoxy groups -OCH3 is 1. The van der Waals surface area contributed by atoms with Crippen LogP contribution in [0.2, 0.25) is 0 Å². The third kappa shape index (κ3) is 1.31. The van der Waals surface area contributed by atoms with Crippen LogP contribution in [0.25, 0.3) is 21.9 Å². The molecule has 0 bridgehead atoms. The number of ether oxygens (including phenoxy) is 1. The van der Waals surface area contributed by atoms with Gasteiger partial charge in [-0.15, -0.1) is 0 Å². The Kier molecular flexibility index (Phi) is 2.21. The number of ketones is 1. The van der Waals surface area contributed by atoms with Crippen LogP contribution < -0.4 is 4.74 Å². The number of hydrogen-bond donors (Lipinski definition) is 0. The fourth-order valence-corrected chi connectivity index (χ4v) is 3.03. The molecule has 4 rings (SSSR count). The number of benzene rings is 3. The summed E-state index contributed by atoms with van der Waals surface area (Å²) in [6, 6.07) is 17.6. The van der Waals surface area contributed by atoms with Crippen LogP contribution in [0.4, 0.5) is 0 Å². The van der Waals surface area contributed by atoms with Crippen LogP contribution in [0, 0.1) is 0 Å². The van der Waals surface area contributed by atoms with Crippen LogP contribution in [0.3, 0.4) is 0 Å². The highest BCUT2D eigenvalue weighted by molar-refractivity contribution is 6.26. The summed E-state index contributed by atoms with van der Waals surface area (Å²) in [5.74, 6) is 0.893. The van der Waals surface area contributed by atoms with E-state index in [4.69, 9.17) is 4.74 Å². The van der Waals surface area contributed by atoms with Crippen molar-refractivity contribution in [1.29, 1.82) is 0 Å². The fourth-order valence-electron chi connectivity index (χ4n) is 3.03. The van der Waals surface area contributed by atoms with Gasteiger partial charge in [0.05, 0.1) is 7.11 Å². The van der Waals surface area contributed by atoms with Crippen molar-refractivity contribution < 1.29 is 9.53 Å². The molecule has 0 aromatic heterocycles. The Morgan fingerprint density at radius 3 is 2.30 bits per heavy atom. The molecule has 1 aliphatic rings. The molecule has 0 radical (unpaired) electrons. The van der Waals surface area contributed by atoms with Gasteiger partial charge in [0.25, 0.3) is 0 Å². The van der Waals surface area contributed by atoms with Gasteiger partial charge in [-0.05, 0) is 23.3 Å². The second kappa shape index (κ2) is 3.94. The molecule has 0 heterocycles. The number of fused-ring (bicyclic) bond motifs is 2. The average Bonchev–Trinajstić information content (AvgIpc) is 2.52. The minimum Gasteiger partial charge on any atom is -0.496 e. The van der Waals surface area contributed by atoms with E-state index < -0.39 is 0 Å². The SMILES string of the molecule is COc1ccc2c3c(cccc13)-c1ccccc1C2=O. The normalized spacial score (nSPS) is 12.3. The van der Waals surface area contributed by atoms with Crippen LogP contribution in [0.5, 0.6) is 5.75 Å². The van der Waals surface area contributed by atoms with Gasteiger partial charge in [0.1, 0.15) is 5.75 Å².